The maximum atomic E-state index is 13.0. The van der Waals surface area contributed by atoms with Crippen molar-refractivity contribution < 1.29 is 14.3 Å². The van der Waals surface area contributed by atoms with Crippen molar-refractivity contribution in [2.75, 3.05) is 12.4 Å². The van der Waals surface area contributed by atoms with Crippen LogP contribution in [0.3, 0.4) is 0 Å². The Kier molecular flexibility index (Phi) is 5.33. The van der Waals surface area contributed by atoms with Crippen LogP contribution in [0.5, 0.6) is 11.5 Å². The molecule has 0 aromatic heterocycles. The molecular formula is C23H20ClNO3. The maximum Gasteiger partial charge on any atom is 0.225 e. The van der Waals surface area contributed by atoms with Gasteiger partial charge in [-0.25, -0.2) is 0 Å². The summed E-state index contributed by atoms with van der Waals surface area (Å²) in [5.41, 5.74) is 3.46. The van der Waals surface area contributed by atoms with Gasteiger partial charge in [0, 0.05) is 36.1 Å². The van der Waals surface area contributed by atoms with Gasteiger partial charge in [-0.3, -0.25) is 4.79 Å². The van der Waals surface area contributed by atoms with Crippen molar-refractivity contribution in [1.82, 2.24) is 0 Å². The quantitative estimate of drug-likeness (QED) is 0.600. The fourth-order valence-electron chi connectivity index (χ4n) is 3.59. The Bertz CT molecular complexity index is 973. The molecule has 1 N–H and O–H groups in total. The number of ether oxygens (including phenoxy) is 2. The molecule has 1 amide bonds. The number of rotatable bonds is 5. The van der Waals surface area contributed by atoms with Crippen LogP contribution in [0.2, 0.25) is 5.02 Å². The summed E-state index contributed by atoms with van der Waals surface area (Å²) in [5, 5.41) is 3.48. The number of para-hydroxylation sites is 3. The molecule has 3 aromatic carbocycles. The van der Waals surface area contributed by atoms with Gasteiger partial charge in [-0.05, 0) is 18.2 Å². The highest BCUT2D eigenvalue weighted by atomic mass is 35.5. The Morgan fingerprint density at radius 1 is 1.00 bits per heavy atom. The zero-order valence-corrected chi connectivity index (χ0v) is 16.2. The highest BCUT2D eigenvalue weighted by molar-refractivity contribution is 6.33. The minimum atomic E-state index is -0.109. The molecule has 1 aliphatic rings. The first-order valence-electron chi connectivity index (χ1n) is 9.09. The summed E-state index contributed by atoms with van der Waals surface area (Å²) < 4.78 is 11.2. The van der Waals surface area contributed by atoms with Crippen molar-refractivity contribution in [3.05, 3.63) is 88.4 Å². The second-order valence-corrected chi connectivity index (χ2v) is 7.10. The molecule has 0 aliphatic carbocycles. The predicted molar refractivity (Wildman–Crippen MR) is 110 cm³/mol. The fourth-order valence-corrected chi connectivity index (χ4v) is 3.83. The molecule has 28 heavy (non-hydrogen) atoms. The third kappa shape index (κ3) is 3.61. The second-order valence-electron chi connectivity index (χ2n) is 6.69. The van der Waals surface area contributed by atoms with Gasteiger partial charge in [-0.1, -0.05) is 60.1 Å². The number of nitrogens with one attached hydrogen (secondary N) is 1. The van der Waals surface area contributed by atoms with Gasteiger partial charge in [-0.2, -0.15) is 0 Å². The van der Waals surface area contributed by atoms with Crippen LogP contribution >= 0.6 is 11.6 Å². The van der Waals surface area contributed by atoms with Gasteiger partial charge < -0.3 is 14.8 Å². The van der Waals surface area contributed by atoms with E-state index < -0.39 is 0 Å². The van der Waals surface area contributed by atoms with Gasteiger partial charge in [0.25, 0.3) is 0 Å². The van der Waals surface area contributed by atoms with Crippen LogP contribution < -0.4 is 10.1 Å². The molecule has 1 aliphatic heterocycles. The first-order chi connectivity index (χ1) is 13.7. The monoisotopic (exact) mass is 393 g/mol. The highest BCUT2D eigenvalue weighted by Gasteiger charge is 2.29. The van der Waals surface area contributed by atoms with Crippen LogP contribution in [-0.2, 0) is 16.1 Å². The minimum absolute atomic E-state index is 0.0884. The third-order valence-corrected chi connectivity index (χ3v) is 5.18. The van der Waals surface area contributed by atoms with Crippen LogP contribution in [0.15, 0.2) is 66.7 Å². The zero-order chi connectivity index (χ0) is 19.5. The number of halogens is 1. The Morgan fingerprint density at radius 3 is 2.29 bits per heavy atom. The minimum Gasteiger partial charge on any atom is -0.457 e. The zero-order valence-electron chi connectivity index (χ0n) is 15.4. The molecule has 0 saturated carbocycles. The molecule has 142 valence electrons. The molecule has 4 nitrogen and oxygen atoms in total. The van der Waals surface area contributed by atoms with E-state index in [4.69, 9.17) is 21.1 Å². The SMILES string of the molecule is COCc1cccc(Cl)c1NC(=O)CC1c2ccccc2Oc2ccccc21. The van der Waals surface area contributed by atoms with Crippen LogP contribution in [0.25, 0.3) is 0 Å². The van der Waals surface area contributed by atoms with E-state index in [9.17, 15) is 4.79 Å². The summed E-state index contributed by atoms with van der Waals surface area (Å²) in [6.45, 7) is 0.374. The molecule has 3 aromatic rings. The van der Waals surface area contributed by atoms with Crippen molar-refractivity contribution in [3.8, 4) is 11.5 Å². The summed E-state index contributed by atoms with van der Waals surface area (Å²) in [5.74, 6) is 1.38. The number of anilines is 1. The normalized spacial score (nSPS) is 12.6. The third-order valence-electron chi connectivity index (χ3n) is 4.86. The van der Waals surface area contributed by atoms with Crippen LogP contribution in [0, 0.1) is 0 Å². The van der Waals surface area contributed by atoms with E-state index in [0.29, 0.717) is 17.3 Å². The van der Waals surface area contributed by atoms with Gasteiger partial charge in [0.2, 0.25) is 5.91 Å². The van der Waals surface area contributed by atoms with E-state index in [-0.39, 0.29) is 18.2 Å². The van der Waals surface area contributed by atoms with Crippen LogP contribution in [0.4, 0.5) is 5.69 Å². The Hall–Kier alpha value is -2.82. The molecule has 0 bridgehead atoms. The van der Waals surface area contributed by atoms with Gasteiger partial charge in [0.1, 0.15) is 11.5 Å². The largest absolute Gasteiger partial charge is 0.457 e. The summed E-state index contributed by atoms with van der Waals surface area (Å²) >= 11 is 6.32. The van der Waals surface area contributed by atoms with Crippen LogP contribution in [0.1, 0.15) is 29.0 Å². The molecule has 1 heterocycles. The molecule has 0 atom stereocenters. The first-order valence-corrected chi connectivity index (χ1v) is 9.47. The predicted octanol–water partition coefficient (Wildman–Crippen LogP) is 5.75. The topological polar surface area (TPSA) is 47.6 Å². The van der Waals surface area contributed by atoms with Crippen molar-refractivity contribution in [2.45, 2.75) is 18.9 Å². The molecule has 0 unspecified atom stereocenters. The van der Waals surface area contributed by atoms with E-state index in [0.717, 1.165) is 28.2 Å². The van der Waals surface area contributed by atoms with E-state index >= 15 is 0 Å². The fraction of sp³-hybridized carbons (Fsp3) is 0.174. The molecule has 0 spiro atoms. The Balaban J connectivity index is 1.63. The standard InChI is InChI=1S/C23H20ClNO3/c1-27-14-15-7-6-10-19(24)23(15)25-22(26)13-18-16-8-2-4-11-20(16)28-21-12-5-3-9-17(18)21/h2-12,18H,13-14H2,1H3,(H,25,26). The Labute approximate surface area is 169 Å². The number of amides is 1. The summed E-state index contributed by atoms with van der Waals surface area (Å²) in [7, 11) is 1.61. The average molecular weight is 394 g/mol. The number of fused-ring (bicyclic) bond motifs is 2. The number of benzene rings is 3. The van der Waals surface area contributed by atoms with Crippen molar-refractivity contribution in [1.29, 1.82) is 0 Å². The lowest BCUT2D eigenvalue weighted by Crippen LogP contribution is -2.20. The molecule has 0 radical (unpaired) electrons. The lowest BCUT2D eigenvalue weighted by Gasteiger charge is -2.28. The average Bonchev–Trinajstić information content (AvgIpc) is 2.70. The van der Waals surface area contributed by atoms with E-state index in [2.05, 4.69) is 5.32 Å². The van der Waals surface area contributed by atoms with Crippen LogP contribution in [-0.4, -0.2) is 13.0 Å². The van der Waals surface area contributed by atoms with Gasteiger partial charge in [0.15, 0.2) is 0 Å². The molecule has 0 saturated heterocycles. The smallest absolute Gasteiger partial charge is 0.225 e. The lowest BCUT2D eigenvalue weighted by atomic mass is 9.85. The number of carbonyl (C=O) groups is 1. The van der Waals surface area contributed by atoms with E-state index in [1.54, 1.807) is 13.2 Å². The number of carbonyl (C=O) groups excluding carboxylic acids is 1. The molecule has 4 rings (SSSR count). The first kappa shape index (κ1) is 18.5. The summed E-state index contributed by atoms with van der Waals surface area (Å²) in [4.78, 5) is 13.0. The Morgan fingerprint density at radius 2 is 1.64 bits per heavy atom. The molecule has 5 heteroatoms. The maximum absolute atomic E-state index is 13.0. The second kappa shape index (κ2) is 8.05. The summed E-state index contributed by atoms with van der Waals surface area (Å²) in [6.07, 6.45) is 0.287. The number of methoxy groups -OCH3 is 1. The number of hydrogen-bond donors (Lipinski definition) is 1. The van der Waals surface area contributed by atoms with E-state index in [1.165, 1.54) is 0 Å². The van der Waals surface area contributed by atoms with Gasteiger partial charge >= 0.3 is 0 Å². The molecular weight excluding hydrogens is 374 g/mol. The number of hydrogen-bond acceptors (Lipinski definition) is 3. The van der Waals surface area contributed by atoms with Gasteiger partial charge in [-0.15, -0.1) is 0 Å². The highest BCUT2D eigenvalue weighted by Crippen LogP contribution is 2.45. The van der Waals surface area contributed by atoms with Crippen molar-refractivity contribution >= 4 is 23.2 Å². The van der Waals surface area contributed by atoms with Gasteiger partial charge in [0.05, 0.1) is 17.3 Å². The van der Waals surface area contributed by atoms with E-state index in [1.807, 2.05) is 60.7 Å². The van der Waals surface area contributed by atoms with Crippen molar-refractivity contribution in [3.63, 3.8) is 0 Å². The lowest BCUT2D eigenvalue weighted by molar-refractivity contribution is -0.116. The van der Waals surface area contributed by atoms with Crippen molar-refractivity contribution in [2.24, 2.45) is 0 Å². The summed E-state index contributed by atoms with van der Waals surface area (Å²) in [6, 6.07) is 21.2. The molecule has 0 fully saturated rings.